The molecule has 0 amide bonds. The molecule has 0 saturated carbocycles. The number of hydrogen-bond donors (Lipinski definition) is 1. The fourth-order valence-corrected chi connectivity index (χ4v) is 5.24. The third kappa shape index (κ3) is 2.15. The van der Waals surface area contributed by atoms with Crippen LogP contribution in [-0.2, 0) is 0 Å². The Labute approximate surface area is 126 Å². The van der Waals surface area contributed by atoms with E-state index in [1.54, 1.807) is 0 Å². The van der Waals surface area contributed by atoms with Crippen molar-refractivity contribution in [1.29, 1.82) is 0 Å². The Bertz CT molecular complexity index is 641. The highest BCUT2D eigenvalue weighted by molar-refractivity contribution is 8.01. The van der Waals surface area contributed by atoms with Gasteiger partial charge in [-0.05, 0) is 35.6 Å². The molecule has 104 valence electrons. The molecule has 2 aliphatic rings. The molecule has 0 saturated heterocycles. The molecule has 0 bridgehead atoms. The topological polar surface area (TPSA) is 30.5 Å². The molecule has 3 nitrogen and oxygen atoms in total. The number of ether oxygens (including phenoxy) is 2. The quantitative estimate of drug-likeness (QED) is 0.884. The minimum Gasteiger partial charge on any atom is -0.454 e. The van der Waals surface area contributed by atoms with Crippen LogP contribution in [0.5, 0.6) is 11.5 Å². The summed E-state index contributed by atoms with van der Waals surface area (Å²) in [7, 11) is 0. The van der Waals surface area contributed by atoms with Gasteiger partial charge >= 0.3 is 0 Å². The first kappa shape index (κ1) is 12.4. The van der Waals surface area contributed by atoms with Gasteiger partial charge in [-0.1, -0.05) is 6.92 Å². The second-order valence-corrected chi connectivity index (χ2v) is 7.72. The zero-order valence-corrected chi connectivity index (χ0v) is 12.7. The lowest BCUT2D eigenvalue weighted by atomic mass is 10.0. The van der Waals surface area contributed by atoms with Gasteiger partial charge in [-0.25, -0.2) is 0 Å². The van der Waals surface area contributed by atoms with E-state index in [4.69, 9.17) is 9.47 Å². The first-order valence-corrected chi connectivity index (χ1v) is 8.46. The standard InChI is InChI=1S/C15H15NO2S2/c1-9-6-12(11-4-5-19-15(11)20-9)16-10-2-3-13-14(7-10)18-8-17-13/h2-5,7,9,12,16H,6,8H2,1H3/t9-,12?/m0/s1. The van der Waals surface area contributed by atoms with Crippen molar-refractivity contribution in [3.05, 3.63) is 35.2 Å². The second-order valence-electron chi connectivity index (χ2n) is 5.09. The maximum Gasteiger partial charge on any atom is 0.231 e. The van der Waals surface area contributed by atoms with Crippen LogP contribution in [0.25, 0.3) is 0 Å². The lowest BCUT2D eigenvalue weighted by molar-refractivity contribution is 0.174. The summed E-state index contributed by atoms with van der Waals surface area (Å²) in [6.45, 7) is 2.62. The third-order valence-electron chi connectivity index (χ3n) is 3.62. The largest absolute Gasteiger partial charge is 0.454 e. The zero-order chi connectivity index (χ0) is 13.5. The van der Waals surface area contributed by atoms with E-state index in [1.165, 1.54) is 9.77 Å². The van der Waals surface area contributed by atoms with E-state index in [2.05, 4.69) is 29.8 Å². The Balaban J connectivity index is 1.60. The van der Waals surface area contributed by atoms with E-state index in [0.29, 0.717) is 18.1 Å². The summed E-state index contributed by atoms with van der Waals surface area (Å²) in [6.07, 6.45) is 1.14. The van der Waals surface area contributed by atoms with Gasteiger partial charge in [-0.15, -0.1) is 23.1 Å². The molecule has 1 aromatic carbocycles. The van der Waals surface area contributed by atoms with E-state index < -0.39 is 0 Å². The van der Waals surface area contributed by atoms with Crippen LogP contribution >= 0.6 is 23.1 Å². The smallest absolute Gasteiger partial charge is 0.231 e. The summed E-state index contributed by atoms with van der Waals surface area (Å²) in [5.41, 5.74) is 2.52. The minimum absolute atomic E-state index is 0.324. The van der Waals surface area contributed by atoms with E-state index in [1.807, 2.05) is 35.2 Å². The van der Waals surface area contributed by atoms with Crippen molar-refractivity contribution in [1.82, 2.24) is 0 Å². The highest BCUT2D eigenvalue weighted by atomic mass is 32.2. The number of thiophene rings is 1. The van der Waals surface area contributed by atoms with Crippen LogP contribution in [0.4, 0.5) is 5.69 Å². The molecular weight excluding hydrogens is 290 g/mol. The van der Waals surface area contributed by atoms with Crippen LogP contribution in [0.1, 0.15) is 24.9 Å². The molecule has 1 aromatic heterocycles. The SMILES string of the molecule is C[C@H]1CC(Nc2ccc3c(c2)OCO3)c2ccsc2S1. The fourth-order valence-electron chi connectivity index (χ4n) is 2.67. The summed E-state index contributed by atoms with van der Waals surface area (Å²) in [5, 5.41) is 6.47. The van der Waals surface area contributed by atoms with Crippen molar-refractivity contribution < 1.29 is 9.47 Å². The summed E-state index contributed by atoms with van der Waals surface area (Å²) < 4.78 is 12.2. The van der Waals surface area contributed by atoms with E-state index in [9.17, 15) is 0 Å². The molecule has 2 aliphatic heterocycles. The van der Waals surface area contributed by atoms with Crippen molar-refractivity contribution >= 4 is 28.8 Å². The van der Waals surface area contributed by atoms with E-state index in [-0.39, 0.29) is 0 Å². The van der Waals surface area contributed by atoms with Crippen molar-refractivity contribution in [3.8, 4) is 11.5 Å². The molecular formula is C15H15NO2S2. The number of rotatable bonds is 2. The van der Waals surface area contributed by atoms with Crippen molar-refractivity contribution in [2.75, 3.05) is 12.1 Å². The van der Waals surface area contributed by atoms with Crippen molar-refractivity contribution in [2.24, 2.45) is 0 Å². The molecule has 2 atom stereocenters. The normalized spacial score (nSPS) is 23.4. The van der Waals surface area contributed by atoms with Crippen LogP contribution in [0, 0.1) is 0 Å². The van der Waals surface area contributed by atoms with Crippen LogP contribution in [-0.4, -0.2) is 12.0 Å². The van der Waals surface area contributed by atoms with Gasteiger partial charge in [0.25, 0.3) is 0 Å². The van der Waals surface area contributed by atoms with Gasteiger partial charge < -0.3 is 14.8 Å². The van der Waals surface area contributed by atoms with Crippen molar-refractivity contribution in [3.63, 3.8) is 0 Å². The number of benzene rings is 1. The zero-order valence-electron chi connectivity index (χ0n) is 11.1. The molecule has 20 heavy (non-hydrogen) atoms. The van der Waals surface area contributed by atoms with Gasteiger partial charge in [0.1, 0.15) is 0 Å². The second kappa shape index (κ2) is 4.90. The first-order chi connectivity index (χ1) is 9.79. The Kier molecular flexibility index (Phi) is 3.04. The molecule has 1 unspecified atom stereocenters. The number of nitrogens with one attached hydrogen (secondary N) is 1. The Morgan fingerprint density at radius 3 is 3.05 bits per heavy atom. The number of hydrogen-bond acceptors (Lipinski definition) is 5. The Hall–Kier alpha value is -1.33. The molecule has 2 aromatic rings. The lowest BCUT2D eigenvalue weighted by Crippen LogP contribution is -2.18. The van der Waals surface area contributed by atoms with Crippen LogP contribution in [0.3, 0.4) is 0 Å². The van der Waals surface area contributed by atoms with Gasteiger partial charge in [0.05, 0.1) is 10.3 Å². The highest BCUT2D eigenvalue weighted by Crippen LogP contribution is 2.45. The molecule has 3 heterocycles. The Morgan fingerprint density at radius 1 is 1.20 bits per heavy atom. The van der Waals surface area contributed by atoms with Gasteiger partial charge in [-0.3, -0.25) is 0 Å². The number of anilines is 1. The van der Waals surface area contributed by atoms with Crippen LogP contribution < -0.4 is 14.8 Å². The maximum absolute atomic E-state index is 5.44. The first-order valence-electron chi connectivity index (χ1n) is 6.70. The average Bonchev–Trinajstić information content (AvgIpc) is 3.05. The van der Waals surface area contributed by atoms with Gasteiger partial charge in [0, 0.05) is 17.0 Å². The van der Waals surface area contributed by atoms with E-state index in [0.717, 1.165) is 23.6 Å². The number of fused-ring (bicyclic) bond motifs is 2. The van der Waals surface area contributed by atoms with E-state index >= 15 is 0 Å². The van der Waals surface area contributed by atoms with Crippen LogP contribution in [0.15, 0.2) is 33.9 Å². The average molecular weight is 305 g/mol. The number of thioether (sulfide) groups is 1. The lowest BCUT2D eigenvalue weighted by Gasteiger charge is -2.28. The predicted molar refractivity (Wildman–Crippen MR) is 83.2 cm³/mol. The Morgan fingerprint density at radius 2 is 2.10 bits per heavy atom. The molecule has 0 radical (unpaired) electrons. The van der Waals surface area contributed by atoms with Gasteiger partial charge in [-0.2, -0.15) is 0 Å². The minimum atomic E-state index is 0.324. The highest BCUT2D eigenvalue weighted by Gasteiger charge is 2.26. The van der Waals surface area contributed by atoms with Crippen molar-refractivity contribution in [2.45, 2.75) is 28.8 Å². The molecule has 1 N–H and O–H groups in total. The molecule has 0 fully saturated rings. The van der Waals surface area contributed by atoms with Crippen LogP contribution in [0.2, 0.25) is 0 Å². The third-order valence-corrected chi connectivity index (χ3v) is 5.97. The summed E-state index contributed by atoms with van der Waals surface area (Å²) >= 11 is 3.83. The maximum atomic E-state index is 5.44. The molecule has 0 spiro atoms. The molecule has 0 aliphatic carbocycles. The van der Waals surface area contributed by atoms with Gasteiger partial charge in [0.15, 0.2) is 11.5 Å². The summed E-state index contributed by atoms with van der Waals surface area (Å²) in [6, 6.07) is 8.68. The molecule has 4 rings (SSSR count). The fraction of sp³-hybridized carbons (Fsp3) is 0.333. The summed E-state index contributed by atoms with van der Waals surface area (Å²) in [4.78, 5) is 0. The summed E-state index contributed by atoms with van der Waals surface area (Å²) in [5.74, 6) is 1.66. The predicted octanol–water partition coefficient (Wildman–Crippen LogP) is 4.51. The van der Waals surface area contributed by atoms with Gasteiger partial charge in [0.2, 0.25) is 6.79 Å². The monoisotopic (exact) mass is 305 g/mol. The molecule has 5 heteroatoms.